The van der Waals surface area contributed by atoms with Crippen LogP contribution in [0.3, 0.4) is 0 Å². The Morgan fingerprint density at radius 2 is 1.75 bits per heavy atom. The third kappa shape index (κ3) is 2.88. The van der Waals surface area contributed by atoms with Crippen molar-refractivity contribution in [3.8, 4) is 0 Å². The molecule has 0 N–H and O–H groups in total. The molecule has 0 aromatic carbocycles. The van der Waals surface area contributed by atoms with Crippen LogP contribution in [0.4, 0.5) is 0 Å². The van der Waals surface area contributed by atoms with Crippen molar-refractivity contribution in [1.29, 1.82) is 0 Å². The van der Waals surface area contributed by atoms with E-state index in [1.54, 1.807) is 0 Å². The molecule has 0 amide bonds. The lowest BCUT2D eigenvalue weighted by Crippen LogP contribution is -2.21. The SMILES string of the molecule is CC(C)(C)C(S)CS. The van der Waals surface area contributed by atoms with Crippen LogP contribution >= 0.6 is 25.3 Å². The van der Waals surface area contributed by atoms with Crippen LogP contribution in [0.25, 0.3) is 0 Å². The number of hydrogen-bond acceptors (Lipinski definition) is 2. The van der Waals surface area contributed by atoms with Gasteiger partial charge in [0.15, 0.2) is 0 Å². The van der Waals surface area contributed by atoms with E-state index >= 15 is 0 Å². The van der Waals surface area contributed by atoms with Crippen LogP contribution in [0, 0.1) is 5.41 Å². The van der Waals surface area contributed by atoms with E-state index in [1.165, 1.54) is 0 Å². The molecule has 0 aliphatic heterocycles. The first kappa shape index (κ1) is 8.70. The summed E-state index contributed by atoms with van der Waals surface area (Å²) >= 11 is 8.47. The Kier molecular flexibility index (Phi) is 3.28. The monoisotopic (exact) mass is 150 g/mol. The molecule has 0 aromatic heterocycles. The van der Waals surface area contributed by atoms with Gasteiger partial charge in [-0.1, -0.05) is 20.8 Å². The first-order chi connectivity index (χ1) is 3.48. The molecule has 8 heavy (non-hydrogen) atoms. The van der Waals surface area contributed by atoms with Crippen LogP contribution in [-0.2, 0) is 0 Å². The molecule has 1 atom stereocenters. The lowest BCUT2D eigenvalue weighted by Gasteiger charge is -2.24. The summed E-state index contributed by atoms with van der Waals surface area (Å²) in [5.74, 6) is 0.854. The minimum atomic E-state index is 0.296. The molecule has 50 valence electrons. The molecule has 0 bridgehead atoms. The smallest absolute Gasteiger partial charge is 0.0153 e. The van der Waals surface area contributed by atoms with Gasteiger partial charge >= 0.3 is 0 Å². The van der Waals surface area contributed by atoms with Crippen LogP contribution in [-0.4, -0.2) is 11.0 Å². The quantitative estimate of drug-likeness (QED) is 0.526. The third-order valence-electron chi connectivity index (χ3n) is 1.17. The fraction of sp³-hybridized carbons (Fsp3) is 1.00. The van der Waals surface area contributed by atoms with Gasteiger partial charge in [-0.3, -0.25) is 0 Å². The zero-order chi connectivity index (χ0) is 6.78. The number of hydrogen-bond donors (Lipinski definition) is 2. The van der Waals surface area contributed by atoms with E-state index in [0.717, 1.165) is 5.75 Å². The minimum Gasteiger partial charge on any atom is -0.178 e. The highest BCUT2D eigenvalue weighted by molar-refractivity contribution is 7.84. The van der Waals surface area contributed by atoms with Gasteiger partial charge in [0, 0.05) is 11.0 Å². The largest absolute Gasteiger partial charge is 0.178 e. The highest BCUT2D eigenvalue weighted by Crippen LogP contribution is 2.24. The van der Waals surface area contributed by atoms with Crippen molar-refractivity contribution in [1.82, 2.24) is 0 Å². The standard InChI is InChI=1S/C6H14S2/c1-6(2,3)5(8)4-7/h5,7-8H,4H2,1-3H3. The average Bonchev–Trinajstić information content (AvgIpc) is 1.62. The molecule has 0 radical (unpaired) electrons. The predicted molar refractivity (Wildman–Crippen MR) is 46.1 cm³/mol. The molecule has 0 nitrogen and oxygen atoms in total. The van der Waals surface area contributed by atoms with Crippen LogP contribution in [0.5, 0.6) is 0 Å². The van der Waals surface area contributed by atoms with Gasteiger partial charge in [0.1, 0.15) is 0 Å². The fourth-order valence-electron chi connectivity index (χ4n) is 0.274. The topological polar surface area (TPSA) is 0 Å². The second-order valence-corrected chi connectivity index (χ2v) is 4.05. The predicted octanol–water partition coefficient (Wildman–Crippen LogP) is 2.26. The van der Waals surface area contributed by atoms with Crippen LogP contribution < -0.4 is 0 Å². The molecular formula is C6H14S2. The maximum atomic E-state index is 4.33. The van der Waals surface area contributed by atoms with Crippen molar-refractivity contribution in [2.24, 2.45) is 5.41 Å². The third-order valence-corrected chi connectivity index (χ3v) is 2.78. The van der Waals surface area contributed by atoms with Crippen LogP contribution in [0.15, 0.2) is 0 Å². The van der Waals surface area contributed by atoms with E-state index in [0.29, 0.717) is 10.7 Å². The summed E-state index contributed by atoms with van der Waals surface area (Å²) < 4.78 is 0. The summed E-state index contributed by atoms with van der Waals surface area (Å²) in [5.41, 5.74) is 0.296. The van der Waals surface area contributed by atoms with E-state index in [4.69, 9.17) is 0 Å². The van der Waals surface area contributed by atoms with Gasteiger partial charge in [0.05, 0.1) is 0 Å². The Bertz CT molecular complexity index is 63.4. The molecule has 0 fully saturated rings. The summed E-state index contributed by atoms with van der Waals surface area (Å²) in [5, 5.41) is 0.408. The maximum Gasteiger partial charge on any atom is 0.0153 e. The van der Waals surface area contributed by atoms with Crippen molar-refractivity contribution in [3.63, 3.8) is 0 Å². The molecule has 0 saturated heterocycles. The molecule has 0 heterocycles. The van der Waals surface area contributed by atoms with Crippen molar-refractivity contribution in [3.05, 3.63) is 0 Å². The van der Waals surface area contributed by atoms with E-state index < -0.39 is 0 Å². The number of thiol groups is 2. The molecule has 0 saturated carbocycles. The van der Waals surface area contributed by atoms with Crippen molar-refractivity contribution >= 4 is 25.3 Å². The lowest BCUT2D eigenvalue weighted by molar-refractivity contribution is 0.417. The average molecular weight is 150 g/mol. The molecule has 0 spiro atoms. The van der Waals surface area contributed by atoms with E-state index in [9.17, 15) is 0 Å². The van der Waals surface area contributed by atoms with Gasteiger partial charge < -0.3 is 0 Å². The Labute approximate surface area is 62.9 Å². The van der Waals surface area contributed by atoms with Gasteiger partial charge in [0.25, 0.3) is 0 Å². The van der Waals surface area contributed by atoms with E-state index in [-0.39, 0.29) is 0 Å². The van der Waals surface area contributed by atoms with E-state index in [2.05, 4.69) is 46.0 Å². The van der Waals surface area contributed by atoms with E-state index in [1.807, 2.05) is 0 Å². The molecule has 0 aliphatic rings. The number of rotatable bonds is 1. The Morgan fingerprint density at radius 3 is 1.75 bits per heavy atom. The highest BCUT2D eigenvalue weighted by Gasteiger charge is 2.18. The summed E-state index contributed by atoms with van der Waals surface area (Å²) in [7, 11) is 0. The van der Waals surface area contributed by atoms with Gasteiger partial charge in [-0.25, -0.2) is 0 Å². The van der Waals surface area contributed by atoms with Gasteiger partial charge in [-0.05, 0) is 5.41 Å². The summed E-state index contributed by atoms with van der Waals surface area (Å²) in [6.07, 6.45) is 0. The minimum absolute atomic E-state index is 0.296. The first-order valence-corrected chi connectivity index (χ1v) is 3.92. The van der Waals surface area contributed by atoms with Gasteiger partial charge in [-0.15, -0.1) is 0 Å². The summed E-state index contributed by atoms with van der Waals surface area (Å²) in [6, 6.07) is 0. The van der Waals surface area contributed by atoms with Crippen LogP contribution in [0.1, 0.15) is 20.8 Å². The van der Waals surface area contributed by atoms with Crippen LogP contribution in [0.2, 0.25) is 0 Å². The zero-order valence-corrected chi connectivity index (χ0v) is 7.47. The molecular weight excluding hydrogens is 136 g/mol. The zero-order valence-electron chi connectivity index (χ0n) is 5.68. The van der Waals surface area contributed by atoms with Crippen molar-refractivity contribution < 1.29 is 0 Å². The molecule has 0 rings (SSSR count). The lowest BCUT2D eigenvalue weighted by atomic mass is 9.93. The Hall–Kier alpha value is 0.700. The highest BCUT2D eigenvalue weighted by atomic mass is 32.1. The molecule has 0 aliphatic carbocycles. The second-order valence-electron chi connectivity index (χ2n) is 3.06. The molecule has 1 unspecified atom stereocenters. The van der Waals surface area contributed by atoms with Crippen molar-refractivity contribution in [2.45, 2.75) is 26.0 Å². The van der Waals surface area contributed by atoms with Crippen molar-refractivity contribution in [2.75, 3.05) is 5.75 Å². The summed E-state index contributed by atoms with van der Waals surface area (Å²) in [6.45, 7) is 6.50. The maximum absolute atomic E-state index is 4.33. The first-order valence-electron chi connectivity index (χ1n) is 2.77. The molecule has 2 heteroatoms. The van der Waals surface area contributed by atoms with Gasteiger partial charge in [0.2, 0.25) is 0 Å². The summed E-state index contributed by atoms with van der Waals surface area (Å²) in [4.78, 5) is 0. The van der Waals surface area contributed by atoms with Gasteiger partial charge in [-0.2, -0.15) is 25.3 Å². The Morgan fingerprint density at radius 1 is 1.38 bits per heavy atom. The second kappa shape index (κ2) is 3.02. The molecule has 0 aromatic rings. The normalized spacial score (nSPS) is 16.1. The Balaban J connectivity index is 3.62. The fourth-order valence-corrected chi connectivity index (χ4v) is 0.822.